The molecule has 0 radical (unpaired) electrons. The van der Waals surface area contributed by atoms with Gasteiger partial charge in [-0.15, -0.1) is 0 Å². The molecule has 0 amide bonds. The van der Waals surface area contributed by atoms with Crippen molar-refractivity contribution >= 4 is 0 Å². The molecule has 0 aromatic carbocycles. The van der Waals surface area contributed by atoms with Crippen molar-refractivity contribution in [3.63, 3.8) is 0 Å². The first-order valence-electron chi connectivity index (χ1n) is 5.47. The lowest BCUT2D eigenvalue weighted by molar-refractivity contribution is -0.389. The number of hydrogen-bond donors (Lipinski definition) is 3. The smallest absolute Gasteiger partial charge is 0.330 e. The predicted molar refractivity (Wildman–Crippen MR) is 58.3 cm³/mol. The number of aryl methyl sites for hydroxylation is 1. The Balaban J connectivity index is 2.34. The van der Waals surface area contributed by atoms with Crippen LogP contribution in [-0.2, 0) is 4.74 Å². The fourth-order valence-corrected chi connectivity index (χ4v) is 1.95. The average molecular weight is 242 g/mol. The van der Waals surface area contributed by atoms with Crippen molar-refractivity contribution in [2.75, 3.05) is 6.54 Å². The fraction of sp³-hybridized carbons (Fsp3) is 0.600. The summed E-state index contributed by atoms with van der Waals surface area (Å²) in [6.07, 6.45) is 0.242. The van der Waals surface area contributed by atoms with E-state index in [-0.39, 0.29) is 6.10 Å². The Labute approximate surface area is 96.8 Å². The first-order chi connectivity index (χ1) is 8.02. The number of nitrogens with one attached hydrogen (secondary N) is 1. The summed E-state index contributed by atoms with van der Waals surface area (Å²) in [5, 5.41) is 9.68. The summed E-state index contributed by atoms with van der Waals surface area (Å²) in [4.78, 5) is 25.0. The molecular formula is C10H16N3O4+. The molecule has 7 heteroatoms. The van der Waals surface area contributed by atoms with Crippen molar-refractivity contribution in [1.29, 1.82) is 0 Å². The zero-order valence-corrected chi connectivity index (χ0v) is 9.55. The number of nitrogens with zero attached hydrogens (tertiary/aromatic N) is 1. The molecule has 94 valence electrons. The molecule has 1 aliphatic rings. The lowest BCUT2D eigenvalue weighted by Crippen LogP contribution is -2.57. The van der Waals surface area contributed by atoms with Crippen LogP contribution in [0.5, 0.6) is 0 Å². The number of rotatable bonds is 2. The summed E-state index contributed by atoms with van der Waals surface area (Å²) >= 11 is 0. The fourth-order valence-electron chi connectivity index (χ4n) is 1.95. The van der Waals surface area contributed by atoms with Gasteiger partial charge >= 0.3 is 5.69 Å². The minimum absolute atomic E-state index is 0.325. The Morgan fingerprint density at radius 3 is 2.94 bits per heavy atom. The van der Waals surface area contributed by atoms with Crippen LogP contribution in [0.25, 0.3) is 0 Å². The molecule has 2 rings (SSSR count). The lowest BCUT2D eigenvalue weighted by Gasteiger charge is -2.14. The van der Waals surface area contributed by atoms with Crippen molar-refractivity contribution in [1.82, 2.24) is 9.55 Å². The SMILES string of the molecule is Cc1cn([C@H]2C[C@@H](O)[C@H](C[NH3+])O2)c(=O)[nH]c1=O. The van der Waals surface area contributed by atoms with E-state index in [4.69, 9.17) is 4.74 Å². The van der Waals surface area contributed by atoms with Crippen molar-refractivity contribution in [3.05, 3.63) is 32.6 Å². The third kappa shape index (κ3) is 2.17. The second-order valence-corrected chi connectivity index (χ2v) is 4.20. The van der Waals surface area contributed by atoms with E-state index >= 15 is 0 Å². The van der Waals surface area contributed by atoms with Crippen LogP contribution in [0.3, 0.4) is 0 Å². The molecule has 0 saturated carbocycles. The third-order valence-electron chi connectivity index (χ3n) is 2.94. The van der Waals surface area contributed by atoms with Crippen molar-refractivity contribution in [2.24, 2.45) is 0 Å². The summed E-state index contributed by atoms with van der Waals surface area (Å²) in [6, 6.07) is 0. The van der Waals surface area contributed by atoms with Gasteiger partial charge in [-0.3, -0.25) is 14.3 Å². The van der Waals surface area contributed by atoms with Crippen molar-refractivity contribution < 1.29 is 15.6 Å². The van der Waals surface area contributed by atoms with Crippen LogP contribution in [0.2, 0.25) is 0 Å². The molecule has 0 aliphatic carbocycles. The van der Waals surface area contributed by atoms with Crippen molar-refractivity contribution in [3.8, 4) is 0 Å². The molecule has 7 nitrogen and oxygen atoms in total. The second kappa shape index (κ2) is 4.44. The van der Waals surface area contributed by atoms with Gasteiger partial charge in [0.15, 0.2) is 0 Å². The molecule has 0 bridgehead atoms. The molecule has 1 aromatic heterocycles. The van der Waals surface area contributed by atoms with E-state index in [1.165, 1.54) is 10.8 Å². The summed E-state index contributed by atoms with van der Waals surface area (Å²) in [5.41, 5.74) is 3.17. The zero-order valence-electron chi connectivity index (χ0n) is 9.55. The van der Waals surface area contributed by atoms with E-state index in [0.29, 0.717) is 18.5 Å². The van der Waals surface area contributed by atoms with Crippen LogP contribution in [0.1, 0.15) is 18.2 Å². The Morgan fingerprint density at radius 1 is 1.65 bits per heavy atom. The van der Waals surface area contributed by atoms with Gasteiger partial charge in [0.05, 0.1) is 6.10 Å². The number of H-pyrrole nitrogens is 1. The van der Waals surface area contributed by atoms with E-state index in [1.54, 1.807) is 6.92 Å². The first kappa shape index (κ1) is 12.0. The van der Waals surface area contributed by atoms with E-state index in [2.05, 4.69) is 10.7 Å². The Hall–Kier alpha value is -1.44. The Bertz CT molecular complexity index is 521. The average Bonchev–Trinajstić information content (AvgIpc) is 2.65. The molecule has 5 N–H and O–H groups in total. The van der Waals surface area contributed by atoms with E-state index in [0.717, 1.165) is 0 Å². The number of aromatic nitrogens is 2. The van der Waals surface area contributed by atoms with Crippen LogP contribution in [-0.4, -0.2) is 33.4 Å². The van der Waals surface area contributed by atoms with Gasteiger partial charge in [0.2, 0.25) is 0 Å². The maximum Gasteiger partial charge on any atom is 0.330 e. The molecule has 1 saturated heterocycles. The lowest BCUT2D eigenvalue weighted by atomic mass is 10.2. The minimum atomic E-state index is -0.628. The highest BCUT2D eigenvalue weighted by Gasteiger charge is 2.35. The number of hydrogen-bond acceptors (Lipinski definition) is 4. The predicted octanol–water partition coefficient (Wildman–Crippen LogP) is -2.26. The molecule has 1 aromatic rings. The van der Waals surface area contributed by atoms with Gasteiger partial charge in [0, 0.05) is 18.2 Å². The van der Waals surface area contributed by atoms with Crippen LogP contribution in [0.15, 0.2) is 15.8 Å². The minimum Gasteiger partial charge on any atom is -0.390 e. The highest BCUT2D eigenvalue weighted by atomic mass is 16.5. The molecule has 1 fully saturated rings. The van der Waals surface area contributed by atoms with Crippen LogP contribution in [0, 0.1) is 6.92 Å². The highest BCUT2D eigenvalue weighted by molar-refractivity contribution is 5.01. The molecule has 2 heterocycles. The topological polar surface area (TPSA) is 112 Å². The second-order valence-electron chi connectivity index (χ2n) is 4.20. The number of aliphatic hydroxyl groups is 1. The Morgan fingerprint density at radius 2 is 2.35 bits per heavy atom. The molecule has 3 atom stereocenters. The molecule has 0 unspecified atom stereocenters. The number of ether oxygens (including phenoxy) is 1. The molecular weight excluding hydrogens is 226 g/mol. The molecule has 1 aliphatic heterocycles. The maximum atomic E-state index is 11.6. The number of quaternary nitrogens is 1. The van der Waals surface area contributed by atoms with Crippen LogP contribution in [0.4, 0.5) is 0 Å². The summed E-state index contributed by atoms with van der Waals surface area (Å²) in [5.74, 6) is 0. The standard InChI is InChI=1S/C10H15N3O4/c1-5-4-13(10(16)12-9(5)15)8-2-6(14)7(3-11)17-8/h4,6-8,14H,2-3,11H2,1H3,(H,12,15,16)/p+1/t6-,7+,8-/m1/s1. The van der Waals surface area contributed by atoms with Gasteiger partial charge in [0.25, 0.3) is 5.56 Å². The van der Waals surface area contributed by atoms with Gasteiger partial charge < -0.3 is 15.6 Å². The largest absolute Gasteiger partial charge is 0.390 e. The summed E-state index contributed by atoms with van der Waals surface area (Å²) < 4.78 is 6.81. The number of aliphatic hydroxyl groups excluding tert-OH is 1. The highest BCUT2D eigenvalue weighted by Crippen LogP contribution is 2.26. The molecule has 17 heavy (non-hydrogen) atoms. The zero-order chi connectivity index (χ0) is 12.6. The van der Waals surface area contributed by atoms with Gasteiger partial charge in [-0.1, -0.05) is 0 Å². The van der Waals surface area contributed by atoms with Gasteiger partial charge in [-0.05, 0) is 6.92 Å². The van der Waals surface area contributed by atoms with Crippen LogP contribution < -0.4 is 17.0 Å². The first-order valence-corrected chi connectivity index (χ1v) is 5.47. The van der Waals surface area contributed by atoms with E-state index in [1.807, 2.05) is 0 Å². The molecule has 0 spiro atoms. The number of aromatic amines is 1. The summed E-state index contributed by atoms with van der Waals surface area (Å²) in [6.45, 7) is 2.05. The van der Waals surface area contributed by atoms with Crippen molar-refractivity contribution in [2.45, 2.75) is 31.8 Å². The van der Waals surface area contributed by atoms with Gasteiger partial charge in [-0.25, -0.2) is 4.79 Å². The maximum absolute atomic E-state index is 11.6. The normalized spacial score (nSPS) is 28.5. The van der Waals surface area contributed by atoms with Gasteiger partial charge in [-0.2, -0.15) is 0 Å². The van der Waals surface area contributed by atoms with Crippen LogP contribution >= 0.6 is 0 Å². The van der Waals surface area contributed by atoms with E-state index in [9.17, 15) is 14.7 Å². The monoisotopic (exact) mass is 242 g/mol. The quantitative estimate of drug-likeness (QED) is 0.543. The van der Waals surface area contributed by atoms with E-state index < -0.39 is 23.6 Å². The Kier molecular flexibility index (Phi) is 3.14. The summed E-state index contributed by atoms with van der Waals surface area (Å²) in [7, 11) is 0. The van der Waals surface area contributed by atoms with Gasteiger partial charge in [0.1, 0.15) is 18.9 Å². The third-order valence-corrected chi connectivity index (χ3v) is 2.94.